The smallest absolute Gasteiger partial charge is 0.125 e. The van der Waals surface area contributed by atoms with Crippen molar-refractivity contribution in [1.82, 2.24) is 14.9 Å². The zero-order chi connectivity index (χ0) is 13.5. The van der Waals surface area contributed by atoms with Crippen molar-refractivity contribution in [1.29, 1.82) is 0 Å². The second-order valence-electron chi connectivity index (χ2n) is 4.58. The van der Waals surface area contributed by atoms with Crippen LogP contribution in [0, 0.1) is 0 Å². The van der Waals surface area contributed by atoms with Gasteiger partial charge in [-0.25, -0.2) is 4.98 Å². The van der Waals surface area contributed by atoms with Crippen LogP contribution in [-0.2, 0) is 13.1 Å². The summed E-state index contributed by atoms with van der Waals surface area (Å²) < 4.78 is 0. The largest absolute Gasteiger partial charge is 0.370 e. The lowest BCUT2D eigenvalue weighted by atomic mass is 10.2. The van der Waals surface area contributed by atoms with Gasteiger partial charge in [0.1, 0.15) is 5.82 Å². The SMILES string of the molecule is CCNc1ccc(CN(C)Cc2ccccn2)cn1. The fourth-order valence-electron chi connectivity index (χ4n) is 1.94. The summed E-state index contributed by atoms with van der Waals surface area (Å²) >= 11 is 0. The number of rotatable bonds is 6. The lowest BCUT2D eigenvalue weighted by Gasteiger charge is -2.16. The summed E-state index contributed by atoms with van der Waals surface area (Å²) in [5.41, 5.74) is 2.29. The summed E-state index contributed by atoms with van der Waals surface area (Å²) in [5.74, 6) is 0.929. The Morgan fingerprint density at radius 1 is 1.11 bits per heavy atom. The van der Waals surface area contributed by atoms with Crippen molar-refractivity contribution >= 4 is 5.82 Å². The third kappa shape index (κ3) is 4.34. The number of aromatic nitrogens is 2. The highest BCUT2D eigenvalue weighted by atomic mass is 15.1. The first kappa shape index (κ1) is 13.5. The molecule has 0 aliphatic rings. The van der Waals surface area contributed by atoms with Gasteiger partial charge in [0.15, 0.2) is 0 Å². The molecule has 0 radical (unpaired) electrons. The molecule has 1 N–H and O–H groups in total. The van der Waals surface area contributed by atoms with Gasteiger partial charge < -0.3 is 5.32 Å². The van der Waals surface area contributed by atoms with Crippen molar-refractivity contribution in [3.63, 3.8) is 0 Å². The number of nitrogens with one attached hydrogen (secondary N) is 1. The molecule has 4 nitrogen and oxygen atoms in total. The highest BCUT2D eigenvalue weighted by molar-refractivity contribution is 5.35. The van der Waals surface area contributed by atoms with Gasteiger partial charge in [-0.05, 0) is 37.7 Å². The van der Waals surface area contributed by atoms with Crippen LogP contribution in [0.5, 0.6) is 0 Å². The average molecular weight is 256 g/mol. The van der Waals surface area contributed by atoms with E-state index < -0.39 is 0 Å². The number of hydrogen-bond donors (Lipinski definition) is 1. The van der Waals surface area contributed by atoms with Gasteiger partial charge in [-0.15, -0.1) is 0 Å². The van der Waals surface area contributed by atoms with E-state index in [-0.39, 0.29) is 0 Å². The third-order valence-corrected chi connectivity index (χ3v) is 2.79. The topological polar surface area (TPSA) is 41.0 Å². The number of anilines is 1. The normalized spacial score (nSPS) is 10.7. The van der Waals surface area contributed by atoms with Crippen LogP contribution in [0.4, 0.5) is 5.82 Å². The van der Waals surface area contributed by atoms with E-state index in [1.807, 2.05) is 36.7 Å². The minimum atomic E-state index is 0.843. The van der Waals surface area contributed by atoms with Crippen LogP contribution in [0.1, 0.15) is 18.2 Å². The maximum Gasteiger partial charge on any atom is 0.125 e. The van der Waals surface area contributed by atoms with E-state index in [0.717, 1.165) is 31.1 Å². The molecule has 4 heteroatoms. The molecule has 2 heterocycles. The fourth-order valence-corrected chi connectivity index (χ4v) is 1.94. The Bertz CT molecular complexity index is 481. The summed E-state index contributed by atoms with van der Waals surface area (Å²) in [6, 6.07) is 10.1. The molecular weight excluding hydrogens is 236 g/mol. The highest BCUT2D eigenvalue weighted by Crippen LogP contribution is 2.08. The Hall–Kier alpha value is -1.94. The Morgan fingerprint density at radius 3 is 2.63 bits per heavy atom. The van der Waals surface area contributed by atoms with E-state index in [0.29, 0.717) is 0 Å². The number of pyridine rings is 2. The van der Waals surface area contributed by atoms with Gasteiger partial charge in [0.25, 0.3) is 0 Å². The van der Waals surface area contributed by atoms with Crippen LogP contribution in [0.15, 0.2) is 42.7 Å². The molecule has 0 aliphatic heterocycles. The second-order valence-corrected chi connectivity index (χ2v) is 4.58. The van der Waals surface area contributed by atoms with E-state index in [1.165, 1.54) is 5.56 Å². The predicted molar refractivity (Wildman–Crippen MR) is 77.8 cm³/mol. The molecule has 0 spiro atoms. The maximum atomic E-state index is 4.38. The second kappa shape index (κ2) is 6.85. The molecule has 0 fully saturated rings. The van der Waals surface area contributed by atoms with Gasteiger partial charge in [-0.1, -0.05) is 12.1 Å². The number of nitrogens with zero attached hydrogens (tertiary/aromatic N) is 3. The van der Waals surface area contributed by atoms with Crippen LogP contribution in [0.3, 0.4) is 0 Å². The van der Waals surface area contributed by atoms with Gasteiger partial charge in [0.2, 0.25) is 0 Å². The molecule has 100 valence electrons. The van der Waals surface area contributed by atoms with E-state index in [9.17, 15) is 0 Å². The lowest BCUT2D eigenvalue weighted by Crippen LogP contribution is -2.18. The number of hydrogen-bond acceptors (Lipinski definition) is 4. The minimum Gasteiger partial charge on any atom is -0.370 e. The highest BCUT2D eigenvalue weighted by Gasteiger charge is 2.03. The van der Waals surface area contributed by atoms with Gasteiger partial charge in [-0.3, -0.25) is 9.88 Å². The fraction of sp³-hybridized carbons (Fsp3) is 0.333. The Labute approximate surface area is 114 Å². The Balaban J connectivity index is 1.89. The van der Waals surface area contributed by atoms with Crippen LogP contribution in [-0.4, -0.2) is 28.5 Å². The molecule has 19 heavy (non-hydrogen) atoms. The zero-order valence-corrected chi connectivity index (χ0v) is 11.5. The van der Waals surface area contributed by atoms with Gasteiger partial charge in [0, 0.05) is 32.0 Å². The van der Waals surface area contributed by atoms with Crippen molar-refractivity contribution in [2.24, 2.45) is 0 Å². The molecule has 0 aromatic carbocycles. The van der Waals surface area contributed by atoms with Crippen molar-refractivity contribution in [2.45, 2.75) is 20.0 Å². The molecule has 2 aromatic heterocycles. The van der Waals surface area contributed by atoms with Gasteiger partial charge >= 0.3 is 0 Å². The monoisotopic (exact) mass is 256 g/mol. The molecule has 0 aliphatic carbocycles. The third-order valence-electron chi connectivity index (χ3n) is 2.79. The first-order valence-corrected chi connectivity index (χ1v) is 6.55. The first-order valence-electron chi connectivity index (χ1n) is 6.55. The molecule has 0 saturated carbocycles. The Kier molecular flexibility index (Phi) is 4.86. The zero-order valence-electron chi connectivity index (χ0n) is 11.5. The molecule has 0 bridgehead atoms. The van der Waals surface area contributed by atoms with Crippen molar-refractivity contribution < 1.29 is 0 Å². The molecule has 0 atom stereocenters. The molecular formula is C15H20N4. The first-order chi connectivity index (χ1) is 9.28. The van der Waals surface area contributed by atoms with Gasteiger partial charge in [-0.2, -0.15) is 0 Å². The average Bonchev–Trinajstić information content (AvgIpc) is 2.42. The van der Waals surface area contributed by atoms with Crippen molar-refractivity contribution in [3.05, 3.63) is 54.0 Å². The summed E-state index contributed by atoms with van der Waals surface area (Å²) in [7, 11) is 2.09. The summed E-state index contributed by atoms with van der Waals surface area (Å²) in [5, 5.41) is 3.19. The van der Waals surface area contributed by atoms with Crippen molar-refractivity contribution in [2.75, 3.05) is 18.9 Å². The molecule has 0 amide bonds. The molecule has 2 rings (SSSR count). The van der Waals surface area contributed by atoms with E-state index in [4.69, 9.17) is 0 Å². The minimum absolute atomic E-state index is 0.843. The van der Waals surface area contributed by atoms with Crippen LogP contribution >= 0.6 is 0 Å². The molecule has 0 saturated heterocycles. The summed E-state index contributed by atoms with van der Waals surface area (Å²) in [4.78, 5) is 10.9. The summed E-state index contributed by atoms with van der Waals surface area (Å²) in [6.07, 6.45) is 3.75. The molecule has 0 unspecified atom stereocenters. The standard InChI is InChI=1S/C15H20N4/c1-3-16-15-8-7-13(10-18-15)11-19(2)12-14-6-4-5-9-17-14/h4-10H,3,11-12H2,1-2H3,(H,16,18). The van der Waals surface area contributed by atoms with Crippen LogP contribution in [0.25, 0.3) is 0 Å². The molecule has 2 aromatic rings. The van der Waals surface area contributed by atoms with Crippen molar-refractivity contribution in [3.8, 4) is 0 Å². The quantitative estimate of drug-likeness (QED) is 0.862. The predicted octanol–water partition coefficient (Wildman–Crippen LogP) is 2.54. The van der Waals surface area contributed by atoms with E-state index >= 15 is 0 Å². The van der Waals surface area contributed by atoms with E-state index in [2.05, 4.69) is 40.2 Å². The van der Waals surface area contributed by atoms with Crippen LogP contribution < -0.4 is 5.32 Å². The lowest BCUT2D eigenvalue weighted by molar-refractivity contribution is 0.315. The summed E-state index contributed by atoms with van der Waals surface area (Å²) in [6.45, 7) is 4.67. The van der Waals surface area contributed by atoms with Crippen LogP contribution in [0.2, 0.25) is 0 Å². The van der Waals surface area contributed by atoms with E-state index in [1.54, 1.807) is 0 Å². The Morgan fingerprint density at radius 2 is 2.00 bits per heavy atom. The maximum absolute atomic E-state index is 4.38. The van der Waals surface area contributed by atoms with Gasteiger partial charge in [0.05, 0.1) is 5.69 Å².